The molecule has 1 heterocycles. The molecule has 21 heavy (non-hydrogen) atoms. The Bertz CT molecular complexity index is 824. The molecule has 0 radical (unpaired) electrons. The minimum absolute atomic E-state index is 0.0420. The van der Waals surface area contributed by atoms with Gasteiger partial charge in [0, 0.05) is 0 Å². The number of hydrogen-bond donors (Lipinski definition) is 1. The summed E-state index contributed by atoms with van der Waals surface area (Å²) in [5.41, 5.74) is 6.72. The maximum atomic E-state index is 12.7. The summed E-state index contributed by atoms with van der Waals surface area (Å²) in [5, 5.41) is -0.0420. The third kappa shape index (κ3) is 2.31. The zero-order chi connectivity index (χ0) is 15.2. The van der Waals surface area contributed by atoms with Crippen molar-refractivity contribution in [2.75, 3.05) is 5.73 Å². The third-order valence-corrected chi connectivity index (χ3v) is 3.41. The molecule has 0 saturated carbocycles. The average Bonchev–Trinajstić information content (AvgIpc) is 2.74. The van der Waals surface area contributed by atoms with Crippen LogP contribution in [0.25, 0.3) is 16.7 Å². The molecule has 0 aliphatic heterocycles. The molecule has 3 aromatic rings. The molecule has 0 amide bonds. The summed E-state index contributed by atoms with van der Waals surface area (Å²) in [5.74, 6) is 0.165. The van der Waals surface area contributed by atoms with Gasteiger partial charge in [-0.3, -0.25) is 4.57 Å². The third-order valence-electron chi connectivity index (χ3n) is 3.10. The molecular formula is C14H9ClF3N3. The fourth-order valence-corrected chi connectivity index (χ4v) is 2.43. The predicted octanol–water partition coefficient (Wildman–Crippen LogP) is 4.28. The van der Waals surface area contributed by atoms with Crippen molar-refractivity contribution in [1.82, 2.24) is 9.55 Å². The second-order valence-electron chi connectivity index (χ2n) is 4.46. The van der Waals surface area contributed by atoms with E-state index in [1.807, 2.05) is 0 Å². The molecule has 3 rings (SSSR count). The maximum absolute atomic E-state index is 12.7. The van der Waals surface area contributed by atoms with Crippen molar-refractivity contribution in [2.45, 2.75) is 6.18 Å². The lowest BCUT2D eigenvalue weighted by molar-refractivity contribution is -0.137. The fourth-order valence-electron chi connectivity index (χ4n) is 2.16. The quantitative estimate of drug-likeness (QED) is 0.729. The Morgan fingerprint density at radius 1 is 1.10 bits per heavy atom. The van der Waals surface area contributed by atoms with E-state index in [-0.39, 0.29) is 11.0 Å². The molecule has 1 aromatic heterocycles. The van der Waals surface area contributed by atoms with E-state index < -0.39 is 11.7 Å². The highest BCUT2D eigenvalue weighted by Crippen LogP contribution is 2.34. The van der Waals surface area contributed by atoms with Gasteiger partial charge in [-0.1, -0.05) is 23.7 Å². The van der Waals surface area contributed by atoms with Crippen LogP contribution in [0.15, 0.2) is 42.5 Å². The molecule has 0 aliphatic carbocycles. The zero-order valence-corrected chi connectivity index (χ0v) is 11.3. The molecule has 0 aliphatic rings. The first-order valence-electron chi connectivity index (χ1n) is 5.98. The van der Waals surface area contributed by atoms with Gasteiger partial charge < -0.3 is 5.73 Å². The molecule has 7 heteroatoms. The van der Waals surface area contributed by atoms with Crippen LogP contribution in [0.2, 0.25) is 5.02 Å². The van der Waals surface area contributed by atoms with Crippen LogP contribution < -0.4 is 5.73 Å². The summed E-state index contributed by atoms with van der Waals surface area (Å²) in [6, 6.07) is 10.3. The molecule has 0 atom stereocenters. The Morgan fingerprint density at radius 2 is 1.81 bits per heavy atom. The number of benzene rings is 2. The van der Waals surface area contributed by atoms with E-state index in [4.69, 9.17) is 17.3 Å². The van der Waals surface area contributed by atoms with Gasteiger partial charge in [-0.2, -0.15) is 13.2 Å². The van der Waals surface area contributed by atoms with E-state index in [1.165, 1.54) is 10.6 Å². The molecule has 2 N–H and O–H groups in total. The molecule has 3 nitrogen and oxygen atoms in total. The molecule has 2 aromatic carbocycles. The summed E-state index contributed by atoms with van der Waals surface area (Å²) in [7, 11) is 0. The summed E-state index contributed by atoms with van der Waals surface area (Å²) in [6.07, 6.45) is -4.44. The highest BCUT2D eigenvalue weighted by molar-refractivity contribution is 6.32. The number of nitrogens with two attached hydrogens (primary N) is 1. The Hall–Kier alpha value is -2.21. The number of nitrogens with zero attached hydrogens (tertiary/aromatic N) is 2. The van der Waals surface area contributed by atoms with Gasteiger partial charge in [0.05, 0.1) is 27.3 Å². The minimum Gasteiger partial charge on any atom is -0.369 e. The van der Waals surface area contributed by atoms with Crippen LogP contribution in [0.5, 0.6) is 0 Å². The first-order chi connectivity index (χ1) is 9.88. The van der Waals surface area contributed by atoms with Crippen LogP contribution in [-0.2, 0) is 6.18 Å². The van der Waals surface area contributed by atoms with Gasteiger partial charge in [0.2, 0.25) is 5.95 Å². The number of anilines is 1. The van der Waals surface area contributed by atoms with Crippen LogP contribution in [-0.4, -0.2) is 9.55 Å². The minimum atomic E-state index is -4.44. The maximum Gasteiger partial charge on any atom is 0.416 e. The highest BCUT2D eigenvalue weighted by atomic mass is 35.5. The molecule has 108 valence electrons. The molecular weight excluding hydrogens is 303 g/mol. The van der Waals surface area contributed by atoms with Crippen molar-refractivity contribution in [3.63, 3.8) is 0 Å². The van der Waals surface area contributed by atoms with Crippen molar-refractivity contribution in [3.05, 3.63) is 53.1 Å². The van der Waals surface area contributed by atoms with Gasteiger partial charge in [-0.25, -0.2) is 4.98 Å². The van der Waals surface area contributed by atoms with Gasteiger partial charge in [-0.05, 0) is 30.3 Å². The van der Waals surface area contributed by atoms with E-state index in [1.54, 1.807) is 24.3 Å². The van der Waals surface area contributed by atoms with E-state index in [0.717, 1.165) is 12.1 Å². The number of aromatic nitrogens is 2. The van der Waals surface area contributed by atoms with Gasteiger partial charge in [0.15, 0.2) is 0 Å². The number of rotatable bonds is 1. The standard InChI is InChI=1S/C14H9ClF3N3/c15-9-7-8(14(16,17)18)5-6-11(9)21-12-4-2-1-3-10(12)20-13(21)19/h1-7H,(H2,19,20). The van der Waals surface area contributed by atoms with Crippen LogP contribution in [0.1, 0.15) is 5.56 Å². The smallest absolute Gasteiger partial charge is 0.369 e. The van der Waals surface area contributed by atoms with Crippen molar-refractivity contribution in [2.24, 2.45) is 0 Å². The fraction of sp³-hybridized carbons (Fsp3) is 0.0714. The first-order valence-corrected chi connectivity index (χ1v) is 6.36. The highest BCUT2D eigenvalue weighted by Gasteiger charge is 2.31. The van der Waals surface area contributed by atoms with Crippen molar-refractivity contribution >= 4 is 28.6 Å². The van der Waals surface area contributed by atoms with Crippen LogP contribution in [0.3, 0.4) is 0 Å². The van der Waals surface area contributed by atoms with Crippen molar-refractivity contribution in [1.29, 1.82) is 0 Å². The summed E-state index contributed by atoms with van der Waals surface area (Å²) >= 11 is 6.00. The number of hydrogen-bond acceptors (Lipinski definition) is 2. The van der Waals surface area contributed by atoms with Crippen molar-refractivity contribution < 1.29 is 13.2 Å². The first kappa shape index (κ1) is 13.8. The lowest BCUT2D eigenvalue weighted by atomic mass is 10.2. The normalized spacial score (nSPS) is 12.0. The van der Waals surface area contributed by atoms with Crippen LogP contribution in [0, 0.1) is 0 Å². The molecule has 0 saturated heterocycles. The van der Waals surface area contributed by atoms with E-state index in [2.05, 4.69) is 4.98 Å². The van der Waals surface area contributed by atoms with Crippen molar-refractivity contribution in [3.8, 4) is 5.69 Å². The second kappa shape index (κ2) is 4.66. The topological polar surface area (TPSA) is 43.8 Å². The Balaban J connectivity index is 2.22. The molecule has 0 bridgehead atoms. The number of nitrogen functional groups attached to an aromatic ring is 1. The Morgan fingerprint density at radius 3 is 2.48 bits per heavy atom. The van der Waals surface area contributed by atoms with Gasteiger partial charge >= 0.3 is 6.18 Å². The zero-order valence-electron chi connectivity index (χ0n) is 10.5. The summed E-state index contributed by atoms with van der Waals surface area (Å²) in [6.45, 7) is 0. The number of alkyl halides is 3. The van der Waals surface area contributed by atoms with Crippen LogP contribution in [0.4, 0.5) is 19.1 Å². The van der Waals surface area contributed by atoms with E-state index >= 15 is 0 Å². The number of imidazole rings is 1. The van der Waals surface area contributed by atoms with E-state index in [0.29, 0.717) is 16.7 Å². The lowest BCUT2D eigenvalue weighted by Gasteiger charge is -2.12. The monoisotopic (exact) mass is 311 g/mol. The van der Waals surface area contributed by atoms with Gasteiger partial charge in [-0.15, -0.1) is 0 Å². The largest absolute Gasteiger partial charge is 0.416 e. The van der Waals surface area contributed by atoms with Crippen LogP contribution >= 0.6 is 11.6 Å². The van der Waals surface area contributed by atoms with Gasteiger partial charge in [0.25, 0.3) is 0 Å². The van der Waals surface area contributed by atoms with Gasteiger partial charge in [0.1, 0.15) is 0 Å². The average molecular weight is 312 g/mol. The lowest BCUT2D eigenvalue weighted by Crippen LogP contribution is -2.06. The second-order valence-corrected chi connectivity index (χ2v) is 4.87. The summed E-state index contributed by atoms with van der Waals surface area (Å²) < 4.78 is 39.5. The Labute approximate surface area is 122 Å². The molecule has 0 fully saturated rings. The SMILES string of the molecule is Nc1nc2ccccc2n1-c1ccc(C(F)(F)F)cc1Cl. The number of fused-ring (bicyclic) bond motifs is 1. The number of para-hydroxylation sites is 2. The predicted molar refractivity (Wildman–Crippen MR) is 75.5 cm³/mol. The molecule has 0 unspecified atom stereocenters. The Kier molecular flexibility index (Phi) is 3.06. The van der Waals surface area contributed by atoms with E-state index in [9.17, 15) is 13.2 Å². The summed E-state index contributed by atoms with van der Waals surface area (Å²) in [4.78, 5) is 4.16. The number of halogens is 4. The molecule has 0 spiro atoms.